The van der Waals surface area contributed by atoms with Gasteiger partial charge in [0.15, 0.2) is 0 Å². The molecule has 8 aromatic carbocycles. The van der Waals surface area contributed by atoms with Crippen molar-refractivity contribution in [1.82, 2.24) is 0 Å². The summed E-state index contributed by atoms with van der Waals surface area (Å²) in [6.07, 6.45) is 0. The van der Waals surface area contributed by atoms with Crippen molar-refractivity contribution in [2.45, 2.75) is 13.8 Å². The van der Waals surface area contributed by atoms with E-state index in [0.717, 1.165) is 0 Å². The summed E-state index contributed by atoms with van der Waals surface area (Å²) in [4.78, 5) is 5.22. The molecule has 256 valence electrons. The van der Waals surface area contributed by atoms with Gasteiger partial charge in [0.2, 0.25) is 0 Å². The van der Waals surface area contributed by atoms with Crippen molar-refractivity contribution in [1.29, 1.82) is 0 Å². The molecule has 0 aliphatic carbocycles. The van der Waals surface area contributed by atoms with Crippen LogP contribution in [0.4, 0.5) is 0 Å². The fourth-order valence-electron chi connectivity index (χ4n) is 8.33. The van der Waals surface area contributed by atoms with Crippen LogP contribution in [0.5, 0.6) is 0 Å². The lowest BCUT2D eigenvalue weighted by molar-refractivity contribution is 1.63. The summed E-state index contributed by atoms with van der Waals surface area (Å²) in [6.45, 7) is 4.39. The third-order valence-corrected chi connectivity index (χ3v) is 12.8. The number of fused-ring (bicyclic) bond motifs is 3. The molecule has 0 unspecified atom stereocenters. The first kappa shape index (κ1) is 32.6. The summed E-state index contributed by atoms with van der Waals surface area (Å²) in [5, 5.41) is 7.60. The molecule has 0 atom stereocenters. The lowest BCUT2D eigenvalue weighted by Crippen LogP contribution is -1.98. The fraction of sp³-hybridized carbons (Fsp3) is 0.0385. The largest absolute Gasteiger partial charge is 0.141 e. The molecular weight excluding hydrogens is 689 g/mol. The van der Waals surface area contributed by atoms with Gasteiger partial charge in [-0.1, -0.05) is 146 Å². The summed E-state index contributed by atoms with van der Waals surface area (Å²) in [5.74, 6) is 0. The van der Waals surface area contributed by atoms with Crippen LogP contribution in [0.25, 0.3) is 97.7 Å². The van der Waals surface area contributed by atoms with Crippen molar-refractivity contribution in [2.75, 3.05) is 0 Å². The average molecular weight is 725 g/mol. The van der Waals surface area contributed by atoms with Gasteiger partial charge in [-0.2, -0.15) is 0 Å². The Morgan fingerprint density at radius 2 is 0.593 bits per heavy atom. The Bertz CT molecular complexity index is 2760. The SMILES string of the molecule is Cc1ccc(-c2ccc3c(-c4ccccc4)c4c(-c5ccccc5)c5cc(-c6ccc(C)s6)ccc5c(-c5ccccc5)c4c(-c4ccccc4)c3c2)s1. The zero-order chi connectivity index (χ0) is 36.2. The lowest BCUT2D eigenvalue weighted by Gasteiger charge is -2.26. The Kier molecular flexibility index (Phi) is 8.09. The van der Waals surface area contributed by atoms with E-state index >= 15 is 0 Å². The van der Waals surface area contributed by atoms with Crippen LogP contribution in [0, 0.1) is 13.8 Å². The number of hydrogen-bond donors (Lipinski definition) is 0. The van der Waals surface area contributed by atoms with Crippen LogP contribution >= 0.6 is 22.7 Å². The molecule has 0 spiro atoms. The Morgan fingerprint density at radius 3 is 0.889 bits per heavy atom. The minimum absolute atomic E-state index is 1.22. The molecule has 2 heterocycles. The molecule has 2 heteroatoms. The predicted molar refractivity (Wildman–Crippen MR) is 237 cm³/mol. The van der Waals surface area contributed by atoms with Gasteiger partial charge in [-0.25, -0.2) is 0 Å². The highest BCUT2D eigenvalue weighted by Crippen LogP contribution is 2.54. The molecule has 10 aromatic rings. The van der Waals surface area contributed by atoms with Gasteiger partial charge in [0, 0.05) is 19.5 Å². The van der Waals surface area contributed by atoms with Crippen molar-refractivity contribution in [2.24, 2.45) is 0 Å². The van der Waals surface area contributed by atoms with Crippen LogP contribution in [0.1, 0.15) is 9.75 Å². The zero-order valence-corrected chi connectivity index (χ0v) is 31.8. The van der Waals surface area contributed by atoms with Crippen LogP contribution in [-0.4, -0.2) is 0 Å². The summed E-state index contributed by atoms with van der Waals surface area (Å²) in [5.41, 5.74) is 12.4. The maximum absolute atomic E-state index is 2.46. The minimum atomic E-state index is 1.22. The molecule has 0 aliphatic rings. The highest BCUT2D eigenvalue weighted by Gasteiger charge is 2.26. The summed E-state index contributed by atoms with van der Waals surface area (Å²) < 4.78 is 0. The van der Waals surface area contributed by atoms with Crippen LogP contribution in [0.15, 0.2) is 182 Å². The first-order valence-corrected chi connectivity index (χ1v) is 20.1. The maximum Gasteiger partial charge on any atom is 0.0345 e. The number of thiophene rings is 2. The van der Waals surface area contributed by atoms with Gasteiger partial charge < -0.3 is 0 Å². The Morgan fingerprint density at radius 1 is 0.278 bits per heavy atom. The standard InChI is InChI=1S/C52H36S2/c1-33-23-29-45(53-33)39-25-27-41-43(31-39)49(37-19-11-5-12-20-37)51-48(36-17-9-4-10-18-36)42-28-26-40(46-30-24-34(2)54-46)32-44(42)50(38-21-13-6-14-22-38)52(51)47(41)35-15-7-3-8-16-35/h3-32H,1-2H3. The van der Waals surface area contributed by atoms with Crippen molar-refractivity contribution >= 4 is 55.0 Å². The van der Waals surface area contributed by atoms with E-state index in [1.807, 2.05) is 22.7 Å². The molecule has 0 saturated carbocycles. The molecule has 0 fully saturated rings. The number of benzene rings is 8. The lowest BCUT2D eigenvalue weighted by atomic mass is 9.77. The molecule has 0 N–H and O–H groups in total. The van der Waals surface area contributed by atoms with E-state index < -0.39 is 0 Å². The van der Waals surface area contributed by atoms with E-state index in [1.165, 1.54) is 107 Å². The van der Waals surface area contributed by atoms with E-state index in [-0.39, 0.29) is 0 Å². The molecule has 0 radical (unpaired) electrons. The summed E-state index contributed by atoms with van der Waals surface area (Å²) >= 11 is 3.72. The van der Waals surface area contributed by atoms with Crippen molar-refractivity contribution in [3.63, 3.8) is 0 Å². The monoisotopic (exact) mass is 724 g/mol. The Labute approximate surface area is 324 Å². The molecule has 54 heavy (non-hydrogen) atoms. The van der Waals surface area contributed by atoms with Gasteiger partial charge in [0.25, 0.3) is 0 Å². The molecule has 0 aliphatic heterocycles. The minimum Gasteiger partial charge on any atom is -0.141 e. The first-order valence-electron chi connectivity index (χ1n) is 18.5. The maximum atomic E-state index is 2.46. The second-order valence-corrected chi connectivity index (χ2v) is 16.6. The van der Waals surface area contributed by atoms with E-state index in [0.29, 0.717) is 0 Å². The Balaban J connectivity index is 1.52. The van der Waals surface area contributed by atoms with Crippen molar-refractivity contribution in [3.8, 4) is 65.4 Å². The average Bonchev–Trinajstić information content (AvgIpc) is 3.88. The number of hydrogen-bond acceptors (Lipinski definition) is 2. The van der Waals surface area contributed by atoms with Crippen molar-refractivity contribution < 1.29 is 0 Å². The normalized spacial score (nSPS) is 11.5. The van der Waals surface area contributed by atoms with Crippen molar-refractivity contribution in [3.05, 3.63) is 192 Å². The van der Waals surface area contributed by atoms with Crippen LogP contribution in [0.3, 0.4) is 0 Å². The molecule has 0 saturated heterocycles. The molecule has 0 amide bonds. The van der Waals surface area contributed by atoms with Gasteiger partial charge in [0.1, 0.15) is 0 Å². The smallest absolute Gasteiger partial charge is 0.0345 e. The third kappa shape index (κ3) is 5.50. The molecule has 10 rings (SSSR count). The van der Waals surface area contributed by atoms with Gasteiger partial charge in [0.05, 0.1) is 0 Å². The topological polar surface area (TPSA) is 0 Å². The van der Waals surface area contributed by atoms with E-state index in [4.69, 9.17) is 0 Å². The van der Waals surface area contributed by atoms with Crippen LogP contribution < -0.4 is 0 Å². The Hall–Kier alpha value is -6.06. The van der Waals surface area contributed by atoms with Gasteiger partial charge in [-0.15, -0.1) is 22.7 Å². The summed E-state index contributed by atoms with van der Waals surface area (Å²) in [7, 11) is 0. The molecule has 0 nitrogen and oxygen atoms in total. The molecule has 0 bridgehead atoms. The third-order valence-electron chi connectivity index (χ3n) is 10.7. The van der Waals surface area contributed by atoms with Gasteiger partial charge in [-0.3, -0.25) is 0 Å². The van der Waals surface area contributed by atoms with E-state index in [2.05, 4.69) is 196 Å². The van der Waals surface area contributed by atoms with Crippen LogP contribution in [-0.2, 0) is 0 Å². The number of aryl methyl sites for hydroxylation is 2. The highest BCUT2D eigenvalue weighted by atomic mass is 32.1. The van der Waals surface area contributed by atoms with Crippen LogP contribution in [0.2, 0.25) is 0 Å². The second kappa shape index (κ2) is 13.4. The number of rotatable bonds is 6. The van der Waals surface area contributed by atoms with Gasteiger partial charge >= 0.3 is 0 Å². The predicted octanol–water partition coefficient (Wildman–Crippen LogP) is 15.9. The molecular formula is C52H36S2. The van der Waals surface area contributed by atoms with Gasteiger partial charge in [-0.05, 0) is 138 Å². The zero-order valence-electron chi connectivity index (χ0n) is 30.1. The molecule has 2 aromatic heterocycles. The van der Waals surface area contributed by atoms with E-state index in [1.54, 1.807) is 0 Å². The second-order valence-electron chi connectivity index (χ2n) is 14.1. The highest BCUT2D eigenvalue weighted by molar-refractivity contribution is 7.15. The van der Waals surface area contributed by atoms with E-state index in [9.17, 15) is 0 Å². The fourth-order valence-corrected chi connectivity index (χ4v) is 10.1. The first-order chi connectivity index (χ1) is 26.6. The quantitative estimate of drug-likeness (QED) is 0.150. The summed E-state index contributed by atoms with van der Waals surface area (Å²) in [6, 6.07) is 67.7.